The van der Waals surface area contributed by atoms with E-state index in [4.69, 9.17) is 0 Å². The van der Waals surface area contributed by atoms with Crippen LogP contribution < -0.4 is 0 Å². The molecule has 0 amide bonds. The summed E-state index contributed by atoms with van der Waals surface area (Å²) in [5.74, 6) is 0. The van der Waals surface area contributed by atoms with Gasteiger partial charge in [0.15, 0.2) is 16.1 Å². The van der Waals surface area contributed by atoms with Crippen LogP contribution in [0.4, 0.5) is 0 Å². The van der Waals surface area contributed by atoms with E-state index >= 15 is 0 Å². The second-order valence-electron chi connectivity index (χ2n) is 2.35. The van der Waals surface area contributed by atoms with Crippen LogP contribution in [0.15, 0.2) is 6.20 Å². The zero-order valence-corrected chi connectivity index (χ0v) is 7.13. The monoisotopic (exact) mass is 179 g/mol. The first-order valence-corrected chi connectivity index (χ1v) is 4.17. The summed E-state index contributed by atoms with van der Waals surface area (Å²) in [6.45, 7) is 1.89. The molecule has 0 saturated heterocycles. The molecule has 0 spiro atoms. The van der Waals surface area contributed by atoms with Gasteiger partial charge < -0.3 is 0 Å². The van der Waals surface area contributed by atoms with Crippen LogP contribution in [0.3, 0.4) is 0 Å². The van der Waals surface area contributed by atoms with E-state index in [-0.39, 0.29) is 0 Å². The first-order valence-electron chi connectivity index (χ1n) is 3.35. The summed E-state index contributed by atoms with van der Waals surface area (Å²) >= 11 is 1.26. The molecule has 12 heavy (non-hydrogen) atoms. The van der Waals surface area contributed by atoms with Gasteiger partial charge in [-0.3, -0.25) is 4.79 Å². The molecule has 0 radical (unpaired) electrons. The highest BCUT2D eigenvalue weighted by Crippen LogP contribution is 2.19. The fourth-order valence-corrected chi connectivity index (χ4v) is 1.71. The number of thiazole rings is 1. The molecule has 2 heterocycles. The maximum absolute atomic E-state index is 10.4. The lowest BCUT2D eigenvalue weighted by atomic mass is 10.3. The lowest BCUT2D eigenvalue weighted by molar-refractivity contribution is 0.112. The van der Waals surface area contributed by atoms with Crippen molar-refractivity contribution in [1.82, 2.24) is 15.2 Å². The largest absolute Gasteiger partial charge is 0.295 e. The molecule has 5 heteroatoms. The van der Waals surface area contributed by atoms with Crippen LogP contribution in [0.5, 0.6) is 0 Å². The van der Waals surface area contributed by atoms with E-state index < -0.39 is 0 Å². The van der Waals surface area contributed by atoms with Crippen LogP contribution in [0.2, 0.25) is 0 Å². The number of carbonyl (C=O) groups is 1. The fourth-order valence-electron chi connectivity index (χ4n) is 0.932. The lowest BCUT2D eigenvalue weighted by Crippen LogP contribution is -1.83. The molecular weight excluding hydrogens is 174 g/mol. The molecule has 0 aliphatic carbocycles. The Hall–Kier alpha value is -1.36. The molecule has 60 valence electrons. The minimum Gasteiger partial charge on any atom is -0.295 e. The summed E-state index contributed by atoms with van der Waals surface area (Å²) in [7, 11) is 0. The Balaban J connectivity index is 2.82. The van der Waals surface area contributed by atoms with Gasteiger partial charge in [-0.25, -0.2) is 4.98 Å². The smallest absolute Gasteiger partial charge is 0.178 e. The molecule has 2 rings (SSSR count). The third-order valence-electron chi connectivity index (χ3n) is 1.50. The Morgan fingerprint density at radius 2 is 2.42 bits per heavy atom. The molecule has 0 saturated carbocycles. The minimum atomic E-state index is 0.452. The second-order valence-corrected chi connectivity index (χ2v) is 3.36. The number of aldehydes is 1. The van der Waals surface area contributed by atoms with Crippen molar-refractivity contribution in [3.8, 4) is 0 Å². The molecule has 0 unspecified atom stereocenters. The Morgan fingerprint density at radius 1 is 1.58 bits per heavy atom. The van der Waals surface area contributed by atoms with E-state index in [1.54, 1.807) is 6.20 Å². The van der Waals surface area contributed by atoms with Gasteiger partial charge in [0.05, 0.1) is 6.20 Å². The molecule has 2 aromatic rings. The Morgan fingerprint density at radius 3 is 3.08 bits per heavy atom. The number of hydrogen-bond acceptors (Lipinski definition) is 5. The molecule has 4 nitrogen and oxygen atoms in total. The predicted octanol–water partition coefficient (Wildman–Crippen LogP) is 1.21. The molecular formula is C7H5N3OS. The molecule has 2 aromatic heterocycles. The van der Waals surface area contributed by atoms with E-state index in [0.717, 1.165) is 22.2 Å². The Kier molecular flexibility index (Phi) is 1.58. The van der Waals surface area contributed by atoms with Crippen molar-refractivity contribution in [2.75, 3.05) is 0 Å². The summed E-state index contributed by atoms with van der Waals surface area (Å²) in [6, 6.07) is 0. The summed E-state index contributed by atoms with van der Waals surface area (Å²) < 4.78 is 0. The molecule has 0 aliphatic heterocycles. The van der Waals surface area contributed by atoms with Gasteiger partial charge in [0.25, 0.3) is 0 Å². The van der Waals surface area contributed by atoms with Crippen LogP contribution >= 0.6 is 11.3 Å². The van der Waals surface area contributed by atoms with E-state index in [1.165, 1.54) is 11.3 Å². The van der Waals surface area contributed by atoms with E-state index in [0.29, 0.717) is 5.01 Å². The van der Waals surface area contributed by atoms with Crippen molar-refractivity contribution >= 4 is 28.0 Å². The van der Waals surface area contributed by atoms with Gasteiger partial charge in [-0.05, 0) is 12.5 Å². The number of aromatic nitrogens is 3. The van der Waals surface area contributed by atoms with Crippen molar-refractivity contribution in [3.63, 3.8) is 0 Å². The van der Waals surface area contributed by atoms with Gasteiger partial charge >= 0.3 is 0 Å². The topological polar surface area (TPSA) is 55.7 Å². The first-order chi connectivity index (χ1) is 5.81. The van der Waals surface area contributed by atoms with Crippen molar-refractivity contribution < 1.29 is 4.79 Å². The second kappa shape index (κ2) is 2.60. The summed E-state index contributed by atoms with van der Waals surface area (Å²) in [5, 5.41) is 8.07. The predicted molar refractivity (Wildman–Crippen MR) is 45.3 cm³/mol. The maximum Gasteiger partial charge on any atom is 0.178 e. The molecule has 0 aliphatic rings. The summed E-state index contributed by atoms with van der Waals surface area (Å²) in [5.41, 5.74) is 1.72. The van der Waals surface area contributed by atoms with Crippen molar-refractivity contribution in [2.24, 2.45) is 0 Å². The summed E-state index contributed by atoms with van der Waals surface area (Å²) in [4.78, 5) is 15.2. The number of fused-ring (bicyclic) bond motifs is 1. The Bertz CT molecular complexity index is 437. The standard InChI is InChI=1S/C7H5N3OS/c1-4-2-8-10-7-6(4)9-5(3-11)12-7/h2-3H,1H3. The number of hydrogen-bond donors (Lipinski definition) is 0. The quantitative estimate of drug-likeness (QED) is 0.617. The average molecular weight is 179 g/mol. The van der Waals surface area contributed by atoms with E-state index in [1.807, 2.05) is 6.92 Å². The number of nitrogens with zero attached hydrogens (tertiary/aromatic N) is 3. The minimum absolute atomic E-state index is 0.452. The van der Waals surface area contributed by atoms with Crippen molar-refractivity contribution in [1.29, 1.82) is 0 Å². The van der Waals surface area contributed by atoms with Crippen LogP contribution in [0.1, 0.15) is 15.4 Å². The number of aryl methyl sites for hydroxylation is 1. The van der Waals surface area contributed by atoms with Gasteiger partial charge in [0.2, 0.25) is 0 Å². The van der Waals surface area contributed by atoms with Crippen LogP contribution in [-0.2, 0) is 0 Å². The number of carbonyl (C=O) groups excluding carboxylic acids is 1. The van der Waals surface area contributed by atoms with Gasteiger partial charge in [-0.1, -0.05) is 11.3 Å². The van der Waals surface area contributed by atoms with Crippen molar-refractivity contribution in [3.05, 3.63) is 16.8 Å². The zero-order valence-electron chi connectivity index (χ0n) is 6.31. The third-order valence-corrected chi connectivity index (χ3v) is 2.37. The van der Waals surface area contributed by atoms with Gasteiger partial charge in [-0.2, -0.15) is 5.10 Å². The highest BCUT2D eigenvalue weighted by molar-refractivity contribution is 7.19. The average Bonchev–Trinajstić information content (AvgIpc) is 2.49. The van der Waals surface area contributed by atoms with E-state index in [9.17, 15) is 4.79 Å². The lowest BCUT2D eigenvalue weighted by Gasteiger charge is -1.88. The summed E-state index contributed by atoms with van der Waals surface area (Å²) in [6.07, 6.45) is 2.36. The number of rotatable bonds is 1. The van der Waals surface area contributed by atoms with Crippen molar-refractivity contribution in [2.45, 2.75) is 6.92 Å². The fraction of sp³-hybridized carbons (Fsp3) is 0.143. The first kappa shape index (κ1) is 7.30. The molecule has 0 fully saturated rings. The zero-order chi connectivity index (χ0) is 8.55. The molecule has 0 bridgehead atoms. The van der Waals surface area contributed by atoms with Crippen LogP contribution in [0.25, 0.3) is 10.3 Å². The molecule has 0 atom stereocenters. The highest BCUT2D eigenvalue weighted by atomic mass is 32.1. The van der Waals surface area contributed by atoms with Gasteiger partial charge in [0.1, 0.15) is 5.52 Å². The third kappa shape index (κ3) is 0.984. The Labute approximate surface area is 72.3 Å². The SMILES string of the molecule is Cc1cnnc2sc(C=O)nc12. The normalized spacial score (nSPS) is 10.4. The molecule has 0 N–H and O–H groups in total. The van der Waals surface area contributed by atoms with Crippen LogP contribution in [0, 0.1) is 6.92 Å². The maximum atomic E-state index is 10.4. The van der Waals surface area contributed by atoms with Gasteiger partial charge in [0, 0.05) is 0 Å². The van der Waals surface area contributed by atoms with Gasteiger partial charge in [-0.15, -0.1) is 5.10 Å². The van der Waals surface area contributed by atoms with Crippen LogP contribution in [-0.4, -0.2) is 21.5 Å². The van der Waals surface area contributed by atoms with E-state index in [2.05, 4.69) is 15.2 Å². The highest BCUT2D eigenvalue weighted by Gasteiger charge is 2.05. The molecule has 0 aromatic carbocycles.